The molecule has 1 fully saturated rings. The van der Waals surface area contributed by atoms with Gasteiger partial charge in [-0.3, -0.25) is 9.69 Å². The third-order valence-electron chi connectivity index (χ3n) is 4.44. The number of halogens is 2. The van der Waals surface area contributed by atoms with Crippen molar-refractivity contribution in [2.24, 2.45) is 5.92 Å². The van der Waals surface area contributed by atoms with Crippen molar-refractivity contribution in [2.45, 2.75) is 31.4 Å². The van der Waals surface area contributed by atoms with Crippen molar-refractivity contribution >= 4 is 29.1 Å². The van der Waals surface area contributed by atoms with Crippen LogP contribution in [-0.2, 0) is 11.2 Å². The number of hydrogen-bond acceptors (Lipinski definition) is 3. The first-order chi connectivity index (χ1) is 10.5. The Hall–Kier alpha value is -0.810. The van der Waals surface area contributed by atoms with Crippen molar-refractivity contribution in [3.05, 3.63) is 33.3 Å². The Balaban J connectivity index is 1.70. The lowest BCUT2D eigenvalue weighted by atomic mass is 10.1. The number of nitrogens with zero attached hydrogens (tertiary/aromatic N) is 1. The standard InChI is InChI=1S/C16H20Cl2N2O2/c1-20(8-15(22)19-7-9-2-3-9)16-12-4-10(17)5-13(18)11(12)6-14(16)21/h4-5,9,14,16,21H,2-3,6-8H2,1H3,(H,19,22). The molecule has 2 aliphatic rings. The van der Waals surface area contributed by atoms with Gasteiger partial charge < -0.3 is 10.4 Å². The van der Waals surface area contributed by atoms with Crippen LogP contribution in [0.5, 0.6) is 0 Å². The van der Waals surface area contributed by atoms with E-state index in [1.54, 1.807) is 6.07 Å². The summed E-state index contributed by atoms with van der Waals surface area (Å²) in [6, 6.07) is 3.28. The minimum Gasteiger partial charge on any atom is -0.391 e. The van der Waals surface area contributed by atoms with E-state index in [4.69, 9.17) is 23.2 Å². The van der Waals surface area contributed by atoms with Crippen LogP contribution in [0.25, 0.3) is 0 Å². The highest BCUT2D eigenvalue weighted by Gasteiger charge is 2.36. The van der Waals surface area contributed by atoms with E-state index in [0.717, 1.165) is 17.7 Å². The summed E-state index contributed by atoms with van der Waals surface area (Å²) >= 11 is 12.3. The van der Waals surface area contributed by atoms with E-state index in [2.05, 4.69) is 5.32 Å². The topological polar surface area (TPSA) is 52.6 Å². The number of aliphatic hydroxyl groups excluding tert-OH is 1. The fourth-order valence-corrected chi connectivity index (χ4v) is 3.71. The minimum atomic E-state index is -0.577. The molecule has 2 unspecified atom stereocenters. The molecule has 1 aromatic rings. The van der Waals surface area contributed by atoms with Gasteiger partial charge in [0.1, 0.15) is 0 Å². The monoisotopic (exact) mass is 342 g/mol. The highest BCUT2D eigenvalue weighted by molar-refractivity contribution is 6.35. The van der Waals surface area contributed by atoms with Crippen LogP contribution in [0.3, 0.4) is 0 Å². The predicted octanol–water partition coefficient (Wildman–Crippen LogP) is 2.41. The third-order valence-corrected chi connectivity index (χ3v) is 5.00. The second kappa shape index (κ2) is 6.36. The second-order valence-electron chi connectivity index (χ2n) is 6.33. The predicted molar refractivity (Wildman–Crippen MR) is 87.3 cm³/mol. The molecule has 6 heteroatoms. The summed E-state index contributed by atoms with van der Waals surface area (Å²) in [4.78, 5) is 13.9. The third kappa shape index (κ3) is 3.40. The van der Waals surface area contributed by atoms with E-state index in [-0.39, 0.29) is 18.5 Å². The van der Waals surface area contributed by atoms with Crippen molar-refractivity contribution in [1.82, 2.24) is 10.2 Å². The molecular weight excluding hydrogens is 323 g/mol. The molecule has 0 aliphatic heterocycles. The first-order valence-corrected chi connectivity index (χ1v) is 8.34. The number of amides is 1. The Kier molecular flexibility index (Phi) is 4.64. The molecule has 4 nitrogen and oxygen atoms in total. The van der Waals surface area contributed by atoms with E-state index >= 15 is 0 Å². The Morgan fingerprint density at radius 1 is 1.41 bits per heavy atom. The van der Waals surface area contributed by atoms with Gasteiger partial charge >= 0.3 is 0 Å². The average molecular weight is 343 g/mol. The number of nitrogens with one attached hydrogen (secondary N) is 1. The molecule has 2 N–H and O–H groups in total. The lowest BCUT2D eigenvalue weighted by Crippen LogP contribution is -2.40. The maximum absolute atomic E-state index is 12.0. The van der Waals surface area contributed by atoms with Crippen molar-refractivity contribution < 1.29 is 9.90 Å². The molecule has 2 aliphatic carbocycles. The molecule has 120 valence electrons. The van der Waals surface area contributed by atoms with Crippen LogP contribution < -0.4 is 5.32 Å². The first kappa shape index (κ1) is 16.1. The summed E-state index contributed by atoms with van der Waals surface area (Å²) in [6.07, 6.45) is 2.33. The summed E-state index contributed by atoms with van der Waals surface area (Å²) in [5.74, 6) is 0.646. The van der Waals surface area contributed by atoms with E-state index in [0.29, 0.717) is 22.4 Å². The molecule has 1 saturated carbocycles. The number of aliphatic hydroxyl groups is 1. The maximum atomic E-state index is 12.0. The van der Waals surface area contributed by atoms with Gasteiger partial charge in [-0.05, 0) is 49.1 Å². The van der Waals surface area contributed by atoms with Gasteiger partial charge in [-0.15, -0.1) is 0 Å². The van der Waals surface area contributed by atoms with Crippen molar-refractivity contribution in [1.29, 1.82) is 0 Å². The van der Waals surface area contributed by atoms with Crippen LogP contribution >= 0.6 is 23.2 Å². The van der Waals surface area contributed by atoms with Gasteiger partial charge in [0.2, 0.25) is 5.91 Å². The molecule has 22 heavy (non-hydrogen) atoms. The summed E-state index contributed by atoms with van der Waals surface area (Å²) in [6.45, 7) is 1.01. The highest BCUT2D eigenvalue weighted by Crippen LogP contribution is 2.40. The van der Waals surface area contributed by atoms with Gasteiger partial charge in [0.15, 0.2) is 0 Å². The van der Waals surface area contributed by atoms with Gasteiger partial charge in [-0.25, -0.2) is 0 Å². The van der Waals surface area contributed by atoms with Gasteiger partial charge in [-0.2, -0.15) is 0 Å². The molecule has 1 aromatic carbocycles. The van der Waals surface area contributed by atoms with Crippen LogP contribution in [0.2, 0.25) is 10.0 Å². The lowest BCUT2D eigenvalue weighted by molar-refractivity contribution is -0.122. The zero-order valence-corrected chi connectivity index (χ0v) is 14.0. The zero-order valence-electron chi connectivity index (χ0n) is 12.5. The summed E-state index contributed by atoms with van der Waals surface area (Å²) < 4.78 is 0. The largest absolute Gasteiger partial charge is 0.391 e. The summed E-state index contributed by atoms with van der Waals surface area (Å²) in [5, 5.41) is 14.4. The normalized spacial score (nSPS) is 23.7. The molecule has 0 spiro atoms. The number of rotatable bonds is 5. The van der Waals surface area contributed by atoms with Crippen LogP contribution in [-0.4, -0.2) is 42.2 Å². The Morgan fingerprint density at radius 3 is 2.82 bits per heavy atom. The van der Waals surface area contributed by atoms with Gasteiger partial charge in [0.25, 0.3) is 0 Å². The van der Waals surface area contributed by atoms with Crippen molar-refractivity contribution in [3.63, 3.8) is 0 Å². The number of hydrogen-bond donors (Lipinski definition) is 2. The molecular formula is C16H20Cl2N2O2. The Labute approximate surface area is 140 Å². The minimum absolute atomic E-state index is 0.0109. The Morgan fingerprint density at radius 2 is 2.14 bits per heavy atom. The number of benzene rings is 1. The molecule has 0 aromatic heterocycles. The van der Waals surface area contributed by atoms with Crippen LogP contribution in [0, 0.1) is 5.92 Å². The number of carbonyl (C=O) groups is 1. The van der Waals surface area contributed by atoms with E-state index < -0.39 is 6.10 Å². The fourth-order valence-electron chi connectivity index (χ4n) is 3.12. The van der Waals surface area contributed by atoms with E-state index in [1.807, 2.05) is 18.0 Å². The van der Waals surface area contributed by atoms with Crippen LogP contribution in [0.1, 0.15) is 30.0 Å². The SMILES string of the molecule is CN(CC(=O)NCC1CC1)C1c2cc(Cl)cc(Cl)c2CC1O. The molecule has 0 bridgehead atoms. The average Bonchev–Trinajstić information content (AvgIpc) is 3.19. The number of fused-ring (bicyclic) bond motifs is 1. The molecule has 0 radical (unpaired) electrons. The number of likely N-dealkylation sites (N-methyl/N-ethyl adjacent to an activating group) is 1. The fraction of sp³-hybridized carbons (Fsp3) is 0.562. The quantitative estimate of drug-likeness (QED) is 0.863. The van der Waals surface area contributed by atoms with Gasteiger partial charge in [-0.1, -0.05) is 23.2 Å². The highest BCUT2D eigenvalue weighted by atomic mass is 35.5. The zero-order chi connectivity index (χ0) is 15.9. The molecule has 3 rings (SSSR count). The summed E-state index contributed by atoms with van der Waals surface area (Å²) in [7, 11) is 1.84. The molecule has 2 atom stereocenters. The molecule has 0 saturated heterocycles. The molecule has 0 heterocycles. The smallest absolute Gasteiger partial charge is 0.234 e. The molecule has 1 amide bonds. The van der Waals surface area contributed by atoms with Crippen molar-refractivity contribution in [2.75, 3.05) is 20.1 Å². The van der Waals surface area contributed by atoms with Gasteiger partial charge in [0, 0.05) is 23.0 Å². The first-order valence-electron chi connectivity index (χ1n) is 7.58. The van der Waals surface area contributed by atoms with Crippen LogP contribution in [0.15, 0.2) is 12.1 Å². The lowest BCUT2D eigenvalue weighted by Gasteiger charge is -2.27. The van der Waals surface area contributed by atoms with Crippen LogP contribution in [0.4, 0.5) is 0 Å². The maximum Gasteiger partial charge on any atom is 0.234 e. The van der Waals surface area contributed by atoms with Crippen molar-refractivity contribution in [3.8, 4) is 0 Å². The summed E-state index contributed by atoms with van der Waals surface area (Å²) in [5.41, 5.74) is 1.84. The van der Waals surface area contributed by atoms with E-state index in [1.165, 1.54) is 12.8 Å². The van der Waals surface area contributed by atoms with E-state index in [9.17, 15) is 9.90 Å². The Bertz CT molecular complexity index is 590. The second-order valence-corrected chi connectivity index (χ2v) is 7.18. The van der Waals surface area contributed by atoms with Gasteiger partial charge in [0.05, 0.1) is 18.7 Å². The number of carbonyl (C=O) groups excluding carboxylic acids is 1.